The molecule has 1 saturated heterocycles. The van der Waals surface area contributed by atoms with E-state index in [4.69, 9.17) is 19.3 Å². The molecule has 0 bridgehead atoms. The van der Waals surface area contributed by atoms with Gasteiger partial charge in [-0.2, -0.15) is 0 Å². The Hall–Kier alpha value is -3.80. The van der Waals surface area contributed by atoms with Crippen molar-refractivity contribution in [2.24, 2.45) is 0 Å². The van der Waals surface area contributed by atoms with Crippen LogP contribution in [0.5, 0.6) is 0 Å². The van der Waals surface area contributed by atoms with E-state index in [2.05, 4.69) is 107 Å². The van der Waals surface area contributed by atoms with Crippen LogP contribution in [0.1, 0.15) is 27.7 Å². The standard InChI is InChI=1S/C32H29BN2O2/c1-31(2)32(3,4)37-33(36-31)26-20-18-24(19-21-26)29-27-12-8-9-13-28(27)34-30(35-29)25-16-14-23(15-17-25)22-10-6-5-7-11-22/h5-21H,1-4H3. The summed E-state index contributed by atoms with van der Waals surface area (Å²) in [7, 11) is -0.389. The van der Waals surface area contributed by atoms with Crippen molar-refractivity contribution in [2.75, 3.05) is 0 Å². The molecule has 1 aromatic heterocycles. The van der Waals surface area contributed by atoms with Crippen LogP contribution < -0.4 is 5.46 Å². The second-order valence-corrected chi connectivity index (χ2v) is 10.6. The molecule has 0 saturated carbocycles. The second kappa shape index (κ2) is 8.95. The number of benzene rings is 4. The van der Waals surface area contributed by atoms with Gasteiger partial charge in [-0.05, 0) is 50.4 Å². The van der Waals surface area contributed by atoms with Crippen LogP contribution in [0.2, 0.25) is 0 Å². The van der Waals surface area contributed by atoms with Crippen molar-refractivity contribution >= 4 is 23.5 Å². The van der Waals surface area contributed by atoms with Gasteiger partial charge in [0.25, 0.3) is 0 Å². The molecule has 0 atom stereocenters. The molecule has 37 heavy (non-hydrogen) atoms. The van der Waals surface area contributed by atoms with Crippen LogP contribution in [0.3, 0.4) is 0 Å². The molecule has 182 valence electrons. The monoisotopic (exact) mass is 484 g/mol. The molecule has 5 aromatic rings. The summed E-state index contributed by atoms with van der Waals surface area (Å²) in [6.45, 7) is 8.29. The topological polar surface area (TPSA) is 44.2 Å². The van der Waals surface area contributed by atoms with E-state index in [1.807, 2.05) is 24.3 Å². The molecule has 4 aromatic carbocycles. The fourth-order valence-corrected chi connectivity index (χ4v) is 4.65. The molecule has 0 radical (unpaired) electrons. The molecule has 1 aliphatic rings. The zero-order chi connectivity index (χ0) is 25.6. The molecule has 5 heteroatoms. The molecule has 1 fully saturated rings. The fraction of sp³-hybridized carbons (Fsp3) is 0.188. The number of fused-ring (bicyclic) bond motifs is 1. The van der Waals surface area contributed by atoms with E-state index < -0.39 is 0 Å². The minimum Gasteiger partial charge on any atom is -0.399 e. The van der Waals surface area contributed by atoms with E-state index in [1.54, 1.807) is 0 Å². The van der Waals surface area contributed by atoms with Crippen LogP contribution in [-0.2, 0) is 9.31 Å². The van der Waals surface area contributed by atoms with Crippen molar-refractivity contribution in [2.45, 2.75) is 38.9 Å². The maximum Gasteiger partial charge on any atom is 0.494 e. The van der Waals surface area contributed by atoms with Crippen LogP contribution >= 0.6 is 0 Å². The summed E-state index contributed by atoms with van der Waals surface area (Å²) in [5, 5.41) is 1.02. The lowest BCUT2D eigenvalue weighted by Gasteiger charge is -2.32. The lowest BCUT2D eigenvalue weighted by atomic mass is 9.78. The first-order valence-electron chi connectivity index (χ1n) is 12.7. The van der Waals surface area contributed by atoms with Crippen LogP contribution in [0.15, 0.2) is 103 Å². The number of nitrogens with zero attached hydrogens (tertiary/aromatic N) is 2. The second-order valence-electron chi connectivity index (χ2n) is 10.6. The molecular formula is C32H29BN2O2. The molecule has 1 aliphatic heterocycles. The average Bonchev–Trinajstić information content (AvgIpc) is 3.15. The Morgan fingerprint density at radius 3 is 1.76 bits per heavy atom. The molecule has 0 aliphatic carbocycles. The average molecular weight is 484 g/mol. The summed E-state index contributed by atoms with van der Waals surface area (Å²) in [5.74, 6) is 0.711. The summed E-state index contributed by atoms with van der Waals surface area (Å²) < 4.78 is 12.5. The number of hydrogen-bond donors (Lipinski definition) is 0. The Balaban J connectivity index is 1.36. The first-order valence-corrected chi connectivity index (χ1v) is 12.7. The predicted molar refractivity (Wildman–Crippen MR) is 152 cm³/mol. The predicted octanol–water partition coefficient (Wildman–Crippen LogP) is 6.93. The third-order valence-corrected chi connectivity index (χ3v) is 7.56. The highest BCUT2D eigenvalue weighted by Crippen LogP contribution is 2.37. The third kappa shape index (κ3) is 4.35. The van der Waals surface area contributed by atoms with Gasteiger partial charge in [0.05, 0.1) is 22.4 Å². The van der Waals surface area contributed by atoms with Gasteiger partial charge in [0.1, 0.15) is 0 Å². The highest BCUT2D eigenvalue weighted by molar-refractivity contribution is 6.62. The molecule has 4 nitrogen and oxygen atoms in total. The third-order valence-electron chi connectivity index (χ3n) is 7.56. The summed E-state index contributed by atoms with van der Waals surface area (Å²) >= 11 is 0. The highest BCUT2D eigenvalue weighted by atomic mass is 16.7. The summed E-state index contributed by atoms with van der Waals surface area (Å²) in [4.78, 5) is 9.94. The van der Waals surface area contributed by atoms with Crippen molar-refractivity contribution in [3.8, 4) is 33.8 Å². The first-order chi connectivity index (χ1) is 17.8. The van der Waals surface area contributed by atoms with E-state index in [9.17, 15) is 0 Å². The summed E-state index contributed by atoms with van der Waals surface area (Å²) in [6.07, 6.45) is 0. The maximum absolute atomic E-state index is 6.24. The Morgan fingerprint density at radius 1 is 0.541 bits per heavy atom. The van der Waals surface area contributed by atoms with E-state index in [1.165, 1.54) is 11.1 Å². The van der Waals surface area contributed by atoms with Crippen LogP contribution in [0.25, 0.3) is 44.7 Å². The molecule has 0 spiro atoms. The van der Waals surface area contributed by atoms with Crippen LogP contribution in [-0.4, -0.2) is 28.3 Å². The quantitative estimate of drug-likeness (QED) is 0.260. The van der Waals surface area contributed by atoms with Crippen molar-refractivity contribution < 1.29 is 9.31 Å². The lowest BCUT2D eigenvalue weighted by Crippen LogP contribution is -2.41. The number of hydrogen-bond acceptors (Lipinski definition) is 4. The van der Waals surface area contributed by atoms with E-state index >= 15 is 0 Å². The van der Waals surface area contributed by atoms with Crippen molar-refractivity contribution in [1.29, 1.82) is 0 Å². The Labute approximate surface area is 218 Å². The zero-order valence-corrected chi connectivity index (χ0v) is 21.6. The van der Waals surface area contributed by atoms with Gasteiger partial charge in [0.15, 0.2) is 5.82 Å². The van der Waals surface area contributed by atoms with E-state index in [0.29, 0.717) is 5.82 Å². The van der Waals surface area contributed by atoms with E-state index in [-0.39, 0.29) is 18.3 Å². The lowest BCUT2D eigenvalue weighted by molar-refractivity contribution is 0.00578. The van der Waals surface area contributed by atoms with Crippen molar-refractivity contribution in [1.82, 2.24) is 9.97 Å². The molecule has 0 N–H and O–H groups in total. The van der Waals surface area contributed by atoms with Crippen molar-refractivity contribution in [3.63, 3.8) is 0 Å². The largest absolute Gasteiger partial charge is 0.494 e. The van der Waals surface area contributed by atoms with Crippen LogP contribution in [0, 0.1) is 0 Å². The van der Waals surface area contributed by atoms with E-state index in [0.717, 1.165) is 33.2 Å². The SMILES string of the molecule is CC1(C)OB(c2ccc(-c3nc(-c4ccc(-c5ccccc5)cc4)nc4ccccc34)cc2)OC1(C)C. The number of rotatable bonds is 4. The number of aromatic nitrogens is 2. The molecule has 0 amide bonds. The van der Waals surface area contributed by atoms with Gasteiger partial charge in [-0.1, -0.05) is 97.1 Å². The highest BCUT2D eigenvalue weighted by Gasteiger charge is 2.51. The maximum atomic E-state index is 6.24. The molecule has 6 rings (SSSR count). The molecule has 0 unspecified atom stereocenters. The minimum atomic E-state index is -0.389. The summed E-state index contributed by atoms with van der Waals surface area (Å²) in [5.41, 5.74) is 6.46. The Morgan fingerprint density at radius 2 is 1.08 bits per heavy atom. The van der Waals surface area contributed by atoms with Gasteiger partial charge in [0.2, 0.25) is 0 Å². The van der Waals surface area contributed by atoms with Gasteiger partial charge >= 0.3 is 7.12 Å². The van der Waals surface area contributed by atoms with Gasteiger partial charge in [-0.15, -0.1) is 0 Å². The molecular weight excluding hydrogens is 455 g/mol. The van der Waals surface area contributed by atoms with Gasteiger partial charge < -0.3 is 9.31 Å². The van der Waals surface area contributed by atoms with Crippen molar-refractivity contribution in [3.05, 3.63) is 103 Å². The van der Waals surface area contributed by atoms with Gasteiger partial charge in [0, 0.05) is 16.5 Å². The Kier molecular flexibility index (Phi) is 5.71. The first kappa shape index (κ1) is 23.6. The smallest absolute Gasteiger partial charge is 0.399 e. The normalized spacial score (nSPS) is 16.3. The Bertz CT molecular complexity index is 1550. The fourth-order valence-electron chi connectivity index (χ4n) is 4.65. The summed E-state index contributed by atoms with van der Waals surface area (Å²) in [6, 6.07) is 35.3. The minimum absolute atomic E-state index is 0.371. The van der Waals surface area contributed by atoms with Gasteiger partial charge in [-0.3, -0.25) is 0 Å². The molecule has 2 heterocycles. The van der Waals surface area contributed by atoms with Gasteiger partial charge in [-0.25, -0.2) is 9.97 Å². The number of para-hydroxylation sites is 1. The van der Waals surface area contributed by atoms with Crippen LogP contribution in [0.4, 0.5) is 0 Å². The zero-order valence-electron chi connectivity index (χ0n) is 21.6.